The van der Waals surface area contributed by atoms with Crippen LogP contribution >= 0.6 is 0 Å². The van der Waals surface area contributed by atoms with Gasteiger partial charge < -0.3 is 15.0 Å². The zero-order chi connectivity index (χ0) is 16.2. The van der Waals surface area contributed by atoms with E-state index in [1.807, 2.05) is 24.3 Å². The van der Waals surface area contributed by atoms with E-state index in [-0.39, 0.29) is 24.8 Å². The lowest BCUT2D eigenvalue weighted by molar-refractivity contribution is -0.137. The Morgan fingerprint density at radius 3 is 2.57 bits per heavy atom. The summed E-state index contributed by atoms with van der Waals surface area (Å²) in [5.74, 6) is -0.343. The summed E-state index contributed by atoms with van der Waals surface area (Å²) in [4.78, 5) is 27.5. The van der Waals surface area contributed by atoms with Gasteiger partial charge in [-0.3, -0.25) is 14.5 Å². The highest BCUT2D eigenvalue weighted by Crippen LogP contribution is 2.22. The summed E-state index contributed by atoms with van der Waals surface area (Å²) in [6.07, 6.45) is 1.76. The van der Waals surface area contributed by atoms with Crippen LogP contribution in [0.5, 0.6) is 0 Å². The Balaban J connectivity index is 1.63. The molecule has 2 fully saturated rings. The van der Waals surface area contributed by atoms with Crippen molar-refractivity contribution in [2.45, 2.75) is 12.5 Å². The van der Waals surface area contributed by atoms with Crippen molar-refractivity contribution in [1.29, 1.82) is 0 Å². The van der Waals surface area contributed by atoms with E-state index in [4.69, 9.17) is 4.74 Å². The molecule has 2 aliphatic rings. The molecule has 1 N–H and O–H groups in total. The van der Waals surface area contributed by atoms with Gasteiger partial charge in [0.2, 0.25) is 5.91 Å². The Hall–Kier alpha value is -2.34. The average Bonchev–Trinajstić information content (AvgIpc) is 2.84. The van der Waals surface area contributed by atoms with Crippen molar-refractivity contribution < 1.29 is 14.3 Å². The second kappa shape index (κ2) is 6.83. The summed E-state index contributed by atoms with van der Waals surface area (Å²) in [6, 6.07) is 7.45. The number of nitrogens with zero attached hydrogens (tertiary/aromatic N) is 2. The van der Waals surface area contributed by atoms with Crippen LogP contribution in [-0.2, 0) is 14.3 Å². The van der Waals surface area contributed by atoms with Crippen molar-refractivity contribution in [2.24, 2.45) is 0 Å². The number of hydrogen-bond acceptors (Lipinski definition) is 5. The number of anilines is 2. The van der Waals surface area contributed by atoms with E-state index in [0.717, 1.165) is 37.7 Å². The van der Waals surface area contributed by atoms with E-state index in [9.17, 15) is 9.59 Å². The first-order valence-electron chi connectivity index (χ1n) is 7.83. The van der Waals surface area contributed by atoms with E-state index in [2.05, 4.69) is 16.8 Å². The molecule has 0 spiro atoms. The molecule has 0 aromatic heterocycles. The van der Waals surface area contributed by atoms with E-state index in [1.54, 1.807) is 6.08 Å². The number of benzene rings is 1. The summed E-state index contributed by atoms with van der Waals surface area (Å²) in [6.45, 7) is 7.12. The van der Waals surface area contributed by atoms with E-state index >= 15 is 0 Å². The van der Waals surface area contributed by atoms with Crippen LogP contribution in [0.2, 0.25) is 0 Å². The molecule has 0 bridgehead atoms. The molecule has 3 rings (SSSR count). The molecule has 0 aliphatic carbocycles. The first-order valence-corrected chi connectivity index (χ1v) is 7.83. The Morgan fingerprint density at radius 2 is 1.91 bits per heavy atom. The molecule has 0 unspecified atom stereocenters. The van der Waals surface area contributed by atoms with Crippen LogP contribution in [-0.4, -0.2) is 55.6 Å². The number of ether oxygens (including phenoxy) is 1. The predicted molar refractivity (Wildman–Crippen MR) is 88.4 cm³/mol. The van der Waals surface area contributed by atoms with Gasteiger partial charge in [0.15, 0.2) is 0 Å². The summed E-state index contributed by atoms with van der Waals surface area (Å²) >= 11 is 0. The summed E-state index contributed by atoms with van der Waals surface area (Å²) < 4.78 is 5.35. The van der Waals surface area contributed by atoms with Crippen LogP contribution in [0.3, 0.4) is 0 Å². The molecule has 0 saturated carbocycles. The molecule has 1 aromatic carbocycles. The van der Waals surface area contributed by atoms with E-state index < -0.39 is 6.04 Å². The summed E-state index contributed by atoms with van der Waals surface area (Å²) in [7, 11) is 0. The number of rotatable bonds is 5. The van der Waals surface area contributed by atoms with E-state index in [1.165, 1.54) is 4.90 Å². The van der Waals surface area contributed by atoms with Gasteiger partial charge in [0.25, 0.3) is 5.91 Å². The van der Waals surface area contributed by atoms with Crippen LogP contribution < -0.4 is 10.2 Å². The Morgan fingerprint density at radius 1 is 1.22 bits per heavy atom. The van der Waals surface area contributed by atoms with Crippen LogP contribution in [0, 0.1) is 0 Å². The van der Waals surface area contributed by atoms with Crippen molar-refractivity contribution in [3.8, 4) is 0 Å². The average molecular weight is 315 g/mol. The van der Waals surface area contributed by atoms with Crippen molar-refractivity contribution in [3.63, 3.8) is 0 Å². The zero-order valence-corrected chi connectivity index (χ0v) is 13.0. The number of amides is 2. The standard InChI is InChI=1S/C17H21N3O3/c1-2-7-20-16(21)12-15(17(20)22)18-13-3-5-14(6-4-13)19-8-10-23-11-9-19/h2-6,15,18H,1,7-12H2/t15-/m1/s1. The van der Waals surface area contributed by atoms with Crippen molar-refractivity contribution in [3.05, 3.63) is 36.9 Å². The van der Waals surface area contributed by atoms with Gasteiger partial charge in [-0.05, 0) is 24.3 Å². The molecule has 2 amide bonds. The fraction of sp³-hybridized carbons (Fsp3) is 0.412. The summed E-state index contributed by atoms with van der Waals surface area (Å²) in [5.41, 5.74) is 1.98. The highest BCUT2D eigenvalue weighted by molar-refractivity contribution is 6.06. The maximum atomic E-state index is 12.2. The van der Waals surface area contributed by atoms with Crippen molar-refractivity contribution in [1.82, 2.24) is 4.90 Å². The highest BCUT2D eigenvalue weighted by atomic mass is 16.5. The molecule has 0 radical (unpaired) electrons. The molecule has 6 nitrogen and oxygen atoms in total. The largest absolute Gasteiger partial charge is 0.378 e. The molecule has 122 valence electrons. The number of nitrogens with one attached hydrogen (secondary N) is 1. The molecular weight excluding hydrogens is 294 g/mol. The second-order valence-electron chi connectivity index (χ2n) is 5.68. The molecule has 2 saturated heterocycles. The third kappa shape index (κ3) is 3.37. The lowest BCUT2D eigenvalue weighted by Crippen LogP contribution is -2.36. The lowest BCUT2D eigenvalue weighted by atomic mass is 10.2. The van der Waals surface area contributed by atoms with Gasteiger partial charge in [-0.25, -0.2) is 0 Å². The number of likely N-dealkylation sites (tertiary alicyclic amines) is 1. The van der Waals surface area contributed by atoms with Gasteiger partial charge in [-0.15, -0.1) is 6.58 Å². The fourth-order valence-electron chi connectivity index (χ4n) is 2.91. The maximum Gasteiger partial charge on any atom is 0.252 e. The van der Waals surface area contributed by atoms with Crippen LogP contribution in [0.25, 0.3) is 0 Å². The number of hydrogen-bond donors (Lipinski definition) is 1. The number of imide groups is 1. The quantitative estimate of drug-likeness (QED) is 0.654. The van der Waals surface area contributed by atoms with E-state index in [0.29, 0.717) is 0 Å². The highest BCUT2D eigenvalue weighted by Gasteiger charge is 2.37. The third-order valence-electron chi connectivity index (χ3n) is 4.14. The van der Waals surface area contributed by atoms with Gasteiger partial charge in [0, 0.05) is 31.0 Å². The zero-order valence-electron chi connectivity index (χ0n) is 13.0. The Kier molecular flexibility index (Phi) is 4.62. The molecule has 1 atom stereocenters. The molecule has 23 heavy (non-hydrogen) atoms. The van der Waals surface area contributed by atoms with Crippen molar-refractivity contribution in [2.75, 3.05) is 43.1 Å². The van der Waals surface area contributed by atoms with Crippen LogP contribution in [0.4, 0.5) is 11.4 Å². The Labute approximate surface area is 135 Å². The number of carbonyl (C=O) groups is 2. The molecule has 2 heterocycles. The first-order chi connectivity index (χ1) is 11.2. The number of morpholine rings is 1. The minimum Gasteiger partial charge on any atom is -0.378 e. The van der Waals surface area contributed by atoms with Crippen LogP contribution in [0.1, 0.15) is 6.42 Å². The minimum absolute atomic E-state index is 0.155. The number of carbonyl (C=O) groups excluding carboxylic acids is 2. The molecule has 2 aliphatic heterocycles. The molecular formula is C17H21N3O3. The summed E-state index contributed by atoms with van der Waals surface area (Å²) in [5, 5.41) is 3.15. The molecule has 1 aromatic rings. The Bertz CT molecular complexity index is 594. The van der Waals surface area contributed by atoms with Gasteiger partial charge in [-0.2, -0.15) is 0 Å². The predicted octanol–water partition coefficient (Wildman–Crippen LogP) is 1.25. The monoisotopic (exact) mass is 315 g/mol. The minimum atomic E-state index is -0.489. The van der Waals surface area contributed by atoms with Gasteiger partial charge >= 0.3 is 0 Å². The topological polar surface area (TPSA) is 61.9 Å². The van der Waals surface area contributed by atoms with Gasteiger partial charge in [0.05, 0.1) is 19.6 Å². The maximum absolute atomic E-state index is 12.2. The van der Waals surface area contributed by atoms with Crippen LogP contribution in [0.15, 0.2) is 36.9 Å². The van der Waals surface area contributed by atoms with Crippen molar-refractivity contribution >= 4 is 23.2 Å². The van der Waals surface area contributed by atoms with Gasteiger partial charge in [-0.1, -0.05) is 6.08 Å². The molecule has 6 heteroatoms. The fourth-order valence-corrected chi connectivity index (χ4v) is 2.91. The first kappa shape index (κ1) is 15.6. The third-order valence-corrected chi connectivity index (χ3v) is 4.14. The lowest BCUT2D eigenvalue weighted by Gasteiger charge is -2.29. The smallest absolute Gasteiger partial charge is 0.252 e. The normalized spacial score (nSPS) is 21.7. The second-order valence-corrected chi connectivity index (χ2v) is 5.68. The van der Waals surface area contributed by atoms with Gasteiger partial charge in [0.1, 0.15) is 6.04 Å². The SMILES string of the molecule is C=CCN1C(=O)C[C@@H](Nc2ccc(N3CCOCC3)cc2)C1=O.